The Labute approximate surface area is 91.7 Å². The molecule has 80 valence electrons. The van der Waals surface area contributed by atoms with Crippen molar-refractivity contribution >= 4 is 12.6 Å². The van der Waals surface area contributed by atoms with E-state index in [2.05, 4.69) is 24.6 Å². The number of thiol groups is 1. The second-order valence-corrected chi connectivity index (χ2v) is 4.05. The van der Waals surface area contributed by atoms with Crippen LogP contribution in [0.2, 0.25) is 0 Å². The Hall–Kier alpha value is -0.410. The van der Waals surface area contributed by atoms with Crippen LogP contribution in [-0.4, -0.2) is 24.2 Å². The number of furan rings is 1. The van der Waals surface area contributed by atoms with Crippen molar-refractivity contribution in [2.45, 2.75) is 25.8 Å². The van der Waals surface area contributed by atoms with E-state index < -0.39 is 0 Å². The number of rotatable bonds is 7. The molecule has 0 fully saturated rings. The molecule has 0 atom stereocenters. The highest BCUT2D eigenvalue weighted by Crippen LogP contribution is 2.05. The van der Waals surface area contributed by atoms with Gasteiger partial charge in [-0.25, -0.2) is 0 Å². The minimum atomic E-state index is 0.911. The van der Waals surface area contributed by atoms with E-state index in [1.807, 2.05) is 12.1 Å². The normalized spacial score (nSPS) is 11.1. The van der Waals surface area contributed by atoms with Crippen molar-refractivity contribution in [3.63, 3.8) is 0 Å². The lowest BCUT2D eigenvalue weighted by Crippen LogP contribution is -2.18. The van der Waals surface area contributed by atoms with Crippen LogP contribution < -0.4 is 0 Å². The Morgan fingerprint density at radius 2 is 2.21 bits per heavy atom. The van der Waals surface area contributed by atoms with Gasteiger partial charge in [0, 0.05) is 0 Å². The predicted molar refractivity (Wildman–Crippen MR) is 62.7 cm³/mol. The smallest absolute Gasteiger partial charge is 0.117 e. The number of hydrogen-bond acceptors (Lipinski definition) is 3. The molecule has 0 radical (unpaired) electrons. The first-order chi connectivity index (χ1) is 6.83. The van der Waals surface area contributed by atoms with E-state index in [1.54, 1.807) is 6.26 Å². The van der Waals surface area contributed by atoms with Crippen LogP contribution in [0.3, 0.4) is 0 Å². The molecule has 14 heavy (non-hydrogen) atoms. The summed E-state index contributed by atoms with van der Waals surface area (Å²) in [6, 6.07) is 3.95. The van der Waals surface area contributed by atoms with E-state index in [0.29, 0.717) is 0 Å². The molecule has 3 heteroatoms. The largest absolute Gasteiger partial charge is 0.468 e. The molecule has 0 amide bonds. The highest BCUT2D eigenvalue weighted by molar-refractivity contribution is 7.80. The van der Waals surface area contributed by atoms with Gasteiger partial charge < -0.3 is 4.42 Å². The minimum absolute atomic E-state index is 0.911. The van der Waals surface area contributed by atoms with Gasteiger partial charge in [-0.15, -0.1) is 0 Å². The Bertz CT molecular complexity index is 223. The van der Waals surface area contributed by atoms with Crippen LogP contribution in [0.25, 0.3) is 0 Å². The quantitative estimate of drug-likeness (QED) is 0.554. The maximum absolute atomic E-state index is 5.28. The zero-order valence-electron chi connectivity index (χ0n) is 8.78. The van der Waals surface area contributed by atoms with Crippen molar-refractivity contribution in [1.82, 2.24) is 4.90 Å². The third kappa shape index (κ3) is 4.72. The van der Waals surface area contributed by atoms with E-state index in [1.165, 1.54) is 19.3 Å². The summed E-state index contributed by atoms with van der Waals surface area (Å²) in [5, 5.41) is 0. The van der Waals surface area contributed by atoms with Crippen LogP contribution in [0, 0.1) is 0 Å². The Balaban J connectivity index is 2.07. The molecule has 1 aromatic rings. The van der Waals surface area contributed by atoms with Gasteiger partial charge >= 0.3 is 0 Å². The van der Waals surface area contributed by atoms with Crippen LogP contribution in [0.5, 0.6) is 0 Å². The van der Waals surface area contributed by atoms with Crippen molar-refractivity contribution in [3.05, 3.63) is 24.2 Å². The Morgan fingerprint density at radius 1 is 1.36 bits per heavy atom. The highest BCUT2D eigenvalue weighted by atomic mass is 32.1. The SMILES string of the molecule is CN(CCCCCS)Cc1ccco1. The van der Waals surface area contributed by atoms with Gasteiger partial charge in [-0.1, -0.05) is 6.42 Å². The second-order valence-electron chi connectivity index (χ2n) is 3.60. The topological polar surface area (TPSA) is 16.4 Å². The van der Waals surface area contributed by atoms with Crippen LogP contribution >= 0.6 is 12.6 Å². The average Bonchev–Trinajstić information content (AvgIpc) is 2.65. The van der Waals surface area contributed by atoms with Gasteiger partial charge in [0.25, 0.3) is 0 Å². The van der Waals surface area contributed by atoms with Gasteiger partial charge in [0.2, 0.25) is 0 Å². The lowest BCUT2D eigenvalue weighted by Gasteiger charge is -2.14. The molecule has 0 aliphatic heterocycles. The summed E-state index contributed by atoms with van der Waals surface area (Å²) in [6.07, 6.45) is 5.46. The molecule has 0 saturated heterocycles. The fourth-order valence-corrected chi connectivity index (χ4v) is 1.64. The molecular formula is C11H19NOS. The number of unbranched alkanes of at least 4 members (excludes halogenated alkanes) is 2. The fraction of sp³-hybridized carbons (Fsp3) is 0.636. The standard InChI is InChI=1S/C11H19NOS/c1-12(7-3-2-4-9-14)10-11-6-5-8-13-11/h5-6,8,14H,2-4,7,9-10H2,1H3. The third-order valence-corrected chi connectivity index (χ3v) is 2.52. The number of hydrogen-bond donors (Lipinski definition) is 1. The Kier molecular flexibility index (Phi) is 5.80. The summed E-state index contributed by atoms with van der Waals surface area (Å²) < 4.78 is 5.28. The maximum Gasteiger partial charge on any atom is 0.117 e. The lowest BCUT2D eigenvalue weighted by molar-refractivity contribution is 0.289. The highest BCUT2D eigenvalue weighted by Gasteiger charge is 2.01. The Morgan fingerprint density at radius 3 is 2.86 bits per heavy atom. The summed E-state index contributed by atoms with van der Waals surface area (Å²) in [7, 11) is 2.13. The van der Waals surface area contributed by atoms with Crippen molar-refractivity contribution < 1.29 is 4.42 Å². The van der Waals surface area contributed by atoms with Gasteiger partial charge in [-0.3, -0.25) is 4.90 Å². The molecular weight excluding hydrogens is 194 g/mol. The summed E-state index contributed by atoms with van der Waals surface area (Å²) in [5.41, 5.74) is 0. The monoisotopic (exact) mass is 213 g/mol. The first-order valence-electron chi connectivity index (χ1n) is 5.14. The third-order valence-electron chi connectivity index (χ3n) is 2.20. The van der Waals surface area contributed by atoms with Crippen molar-refractivity contribution in [1.29, 1.82) is 0 Å². The predicted octanol–water partition coefficient (Wildman–Crippen LogP) is 2.81. The molecule has 1 rings (SSSR count). The molecule has 1 heterocycles. The molecule has 0 N–H and O–H groups in total. The van der Waals surface area contributed by atoms with Gasteiger partial charge in [-0.05, 0) is 44.3 Å². The summed E-state index contributed by atoms with van der Waals surface area (Å²) in [4.78, 5) is 2.29. The molecule has 2 nitrogen and oxygen atoms in total. The summed E-state index contributed by atoms with van der Waals surface area (Å²) in [5.74, 6) is 2.05. The van der Waals surface area contributed by atoms with Crippen molar-refractivity contribution in [3.8, 4) is 0 Å². The van der Waals surface area contributed by atoms with Crippen LogP contribution in [0.1, 0.15) is 25.0 Å². The van der Waals surface area contributed by atoms with E-state index >= 15 is 0 Å². The van der Waals surface area contributed by atoms with Crippen molar-refractivity contribution in [2.75, 3.05) is 19.3 Å². The van der Waals surface area contributed by atoms with Gasteiger partial charge in [0.15, 0.2) is 0 Å². The minimum Gasteiger partial charge on any atom is -0.468 e. The fourth-order valence-electron chi connectivity index (χ4n) is 1.42. The molecule has 0 aliphatic rings. The molecule has 0 unspecified atom stereocenters. The summed E-state index contributed by atoms with van der Waals surface area (Å²) >= 11 is 4.19. The molecule has 0 aromatic carbocycles. The molecule has 0 spiro atoms. The summed E-state index contributed by atoms with van der Waals surface area (Å²) in [6.45, 7) is 2.04. The molecule has 1 aromatic heterocycles. The second kappa shape index (κ2) is 6.96. The zero-order valence-corrected chi connectivity index (χ0v) is 9.67. The average molecular weight is 213 g/mol. The van der Waals surface area contributed by atoms with Crippen molar-refractivity contribution in [2.24, 2.45) is 0 Å². The molecule has 0 aliphatic carbocycles. The molecule has 0 saturated carbocycles. The number of nitrogens with zero attached hydrogens (tertiary/aromatic N) is 1. The van der Waals surface area contributed by atoms with E-state index in [0.717, 1.165) is 24.6 Å². The first kappa shape index (κ1) is 11.7. The van der Waals surface area contributed by atoms with E-state index in [4.69, 9.17) is 4.42 Å². The van der Waals surface area contributed by atoms with Gasteiger partial charge in [0.1, 0.15) is 5.76 Å². The van der Waals surface area contributed by atoms with Gasteiger partial charge in [-0.2, -0.15) is 12.6 Å². The lowest BCUT2D eigenvalue weighted by atomic mass is 10.2. The van der Waals surface area contributed by atoms with Crippen LogP contribution in [0.15, 0.2) is 22.8 Å². The zero-order chi connectivity index (χ0) is 10.2. The molecule has 0 bridgehead atoms. The van der Waals surface area contributed by atoms with E-state index in [9.17, 15) is 0 Å². The van der Waals surface area contributed by atoms with Gasteiger partial charge in [0.05, 0.1) is 12.8 Å². The van der Waals surface area contributed by atoms with E-state index in [-0.39, 0.29) is 0 Å². The van der Waals surface area contributed by atoms with Crippen LogP contribution in [-0.2, 0) is 6.54 Å². The van der Waals surface area contributed by atoms with Crippen LogP contribution in [0.4, 0.5) is 0 Å². The maximum atomic E-state index is 5.28. The first-order valence-corrected chi connectivity index (χ1v) is 5.78.